The minimum Gasteiger partial charge on any atom is -0.394 e. The second-order valence-corrected chi connectivity index (χ2v) is 6.80. The summed E-state index contributed by atoms with van der Waals surface area (Å²) < 4.78 is 6.38. The van der Waals surface area contributed by atoms with Gasteiger partial charge in [0.25, 0.3) is 5.56 Å². The second-order valence-electron chi connectivity index (χ2n) is 5.64. The molecular weight excluding hydrogens is 364 g/mol. The maximum Gasteiger partial charge on any atom is 0.331 e. The van der Waals surface area contributed by atoms with Crippen molar-refractivity contribution in [3.8, 4) is 0 Å². The number of carbonyl (C=O) groups excluding carboxylic acids is 1. The Kier molecular flexibility index (Phi) is 5.12. The number of aliphatic hydroxyl groups is 3. The number of ether oxygens (including phenoxy) is 1. The summed E-state index contributed by atoms with van der Waals surface area (Å²) in [6, 6.07) is 9.11. The van der Waals surface area contributed by atoms with Gasteiger partial charge in [0, 0.05) is 17.8 Å². The molecule has 138 valence electrons. The van der Waals surface area contributed by atoms with Crippen LogP contribution in [0.3, 0.4) is 0 Å². The Bertz CT molecular complexity index is 913. The highest BCUT2D eigenvalue weighted by atomic mass is 32.2. The fourth-order valence-corrected chi connectivity index (χ4v) is 3.88. The molecule has 0 amide bonds. The van der Waals surface area contributed by atoms with E-state index in [1.807, 2.05) is 4.98 Å². The van der Waals surface area contributed by atoms with Crippen molar-refractivity contribution in [3.05, 3.63) is 69.0 Å². The summed E-state index contributed by atoms with van der Waals surface area (Å²) >= 11 is 0.471. The monoisotopic (exact) mass is 380 g/mol. The molecule has 26 heavy (non-hydrogen) atoms. The van der Waals surface area contributed by atoms with Gasteiger partial charge in [-0.25, -0.2) is 4.79 Å². The molecule has 9 nitrogen and oxygen atoms in total. The molecule has 0 unspecified atom stereocenters. The van der Waals surface area contributed by atoms with E-state index in [1.165, 1.54) is 0 Å². The third-order valence-corrected chi connectivity index (χ3v) is 5.23. The van der Waals surface area contributed by atoms with E-state index in [0.29, 0.717) is 11.8 Å². The topological polar surface area (TPSA) is 142 Å². The van der Waals surface area contributed by atoms with Crippen molar-refractivity contribution in [1.82, 2.24) is 9.55 Å². The molecule has 1 aromatic carbocycles. The van der Waals surface area contributed by atoms with E-state index in [-0.39, 0.29) is 5.56 Å². The van der Waals surface area contributed by atoms with Gasteiger partial charge in [0.2, 0.25) is 10.2 Å². The molecule has 4 atom stereocenters. The predicted octanol–water partition coefficient (Wildman–Crippen LogP) is -1.17. The molecule has 1 fully saturated rings. The molecule has 0 saturated carbocycles. The highest BCUT2D eigenvalue weighted by molar-refractivity contribution is 8.14. The van der Waals surface area contributed by atoms with Crippen molar-refractivity contribution in [2.75, 3.05) is 6.61 Å². The first-order valence-corrected chi connectivity index (χ1v) is 8.46. The average molecular weight is 380 g/mol. The van der Waals surface area contributed by atoms with E-state index in [2.05, 4.69) is 0 Å². The van der Waals surface area contributed by atoms with Gasteiger partial charge in [-0.2, -0.15) is 0 Å². The normalized spacial score (nSPS) is 28.2. The summed E-state index contributed by atoms with van der Waals surface area (Å²) in [6.45, 7) is -0.641. The summed E-state index contributed by atoms with van der Waals surface area (Å²) in [5.74, 6) is 0. The number of hydrogen-bond acceptors (Lipinski definition) is 8. The molecule has 2 heterocycles. The van der Waals surface area contributed by atoms with Crippen LogP contribution in [0.5, 0.6) is 0 Å². The highest BCUT2D eigenvalue weighted by Crippen LogP contribution is 2.44. The number of H-pyrrole nitrogens is 1. The first-order chi connectivity index (χ1) is 12.4. The van der Waals surface area contributed by atoms with Crippen LogP contribution >= 0.6 is 11.8 Å². The Hall–Kier alpha value is -2.24. The Morgan fingerprint density at radius 1 is 1.23 bits per heavy atom. The van der Waals surface area contributed by atoms with Crippen LogP contribution in [0.4, 0.5) is 0 Å². The second kappa shape index (κ2) is 7.17. The van der Waals surface area contributed by atoms with Crippen LogP contribution in [0, 0.1) is 0 Å². The van der Waals surface area contributed by atoms with Crippen LogP contribution in [-0.4, -0.2) is 54.9 Å². The van der Waals surface area contributed by atoms with Gasteiger partial charge in [-0.1, -0.05) is 30.3 Å². The fourth-order valence-electron chi connectivity index (χ4n) is 2.68. The van der Waals surface area contributed by atoms with Gasteiger partial charge in [0.05, 0.1) is 6.61 Å². The third-order valence-electron chi connectivity index (χ3n) is 3.99. The van der Waals surface area contributed by atoms with Crippen LogP contribution in [0.15, 0.2) is 52.2 Å². The highest BCUT2D eigenvalue weighted by Gasteiger charge is 2.57. The molecule has 4 N–H and O–H groups in total. The first-order valence-electron chi connectivity index (χ1n) is 7.64. The molecular formula is C16H16N2O7S. The minimum absolute atomic E-state index is 0.284. The predicted molar refractivity (Wildman–Crippen MR) is 91.6 cm³/mol. The van der Waals surface area contributed by atoms with Crippen LogP contribution < -0.4 is 11.2 Å². The minimum atomic E-state index is -2.05. The van der Waals surface area contributed by atoms with Crippen LogP contribution in [0.1, 0.15) is 10.4 Å². The van der Waals surface area contributed by atoms with Gasteiger partial charge in [-0.3, -0.25) is 19.1 Å². The number of benzene rings is 1. The number of aromatic nitrogens is 2. The van der Waals surface area contributed by atoms with Crippen molar-refractivity contribution in [2.24, 2.45) is 0 Å². The Labute approximate surface area is 150 Å². The number of aromatic amines is 1. The first kappa shape index (κ1) is 18.5. The molecule has 2 aromatic rings. The van der Waals surface area contributed by atoms with Crippen LogP contribution in [0.2, 0.25) is 0 Å². The standard InChI is InChI=1S/C16H16N2O7S/c19-8-10-12(21)13(22)16(25-10,18-7-6-11(20)17-15(18)24)26-14(23)9-4-2-1-3-5-9/h1-7,10,12-13,19,21-22H,8H2,(H,17,20,24)/t10-,12-,13-,16+/m1/s1. The van der Waals surface area contributed by atoms with Gasteiger partial charge in [-0.15, -0.1) is 0 Å². The van der Waals surface area contributed by atoms with Gasteiger partial charge in [0.1, 0.15) is 18.3 Å². The van der Waals surface area contributed by atoms with E-state index in [4.69, 9.17) is 4.74 Å². The van der Waals surface area contributed by atoms with Crippen LogP contribution in [0.25, 0.3) is 0 Å². The summed E-state index contributed by atoms with van der Waals surface area (Å²) in [6.07, 6.45) is -3.43. The molecule has 0 radical (unpaired) electrons. The van der Waals surface area contributed by atoms with Gasteiger partial charge < -0.3 is 20.1 Å². The number of nitrogens with zero attached hydrogens (tertiary/aromatic N) is 1. The Balaban J connectivity index is 2.10. The van der Waals surface area contributed by atoms with Crippen molar-refractivity contribution in [3.63, 3.8) is 0 Å². The largest absolute Gasteiger partial charge is 0.394 e. The third kappa shape index (κ3) is 3.13. The van der Waals surface area contributed by atoms with E-state index in [0.717, 1.165) is 16.8 Å². The lowest BCUT2D eigenvalue weighted by Crippen LogP contribution is -2.50. The number of aliphatic hydroxyl groups excluding tert-OH is 3. The van der Waals surface area contributed by atoms with Crippen molar-refractivity contribution in [2.45, 2.75) is 23.4 Å². The molecule has 0 aliphatic carbocycles. The van der Waals surface area contributed by atoms with Crippen molar-refractivity contribution in [1.29, 1.82) is 0 Å². The molecule has 1 aromatic heterocycles. The zero-order chi connectivity index (χ0) is 18.9. The van der Waals surface area contributed by atoms with Crippen LogP contribution in [-0.2, 0) is 9.79 Å². The molecule has 0 bridgehead atoms. The van der Waals surface area contributed by atoms with E-state index in [9.17, 15) is 29.7 Å². The average Bonchev–Trinajstić information content (AvgIpc) is 2.87. The molecule has 1 aliphatic heterocycles. The lowest BCUT2D eigenvalue weighted by Gasteiger charge is -2.32. The van der Waals surface area contributed by atoms with E-state index >= 15 is 0 Å². The molecule has 0 spiro atoms. The molecule has 1 saturated heterocycles. The summed E-state index contributed by atoms with van der Waals surface area (Å²) in [5.41, 5.74) is -1.32. The van der Waals surface area contributed by atoms with Crippen molar-refractivity contribution < 1.29 is 24.9 Å². The van der Waals surface area contributed by atoms with Crippen molar-refractivity contribution >= 4 is 16.9 Å². The number of carbonyl (C=O) groups is 1. The molecule has 3 rings (SSSR count). The fraction of sp³-hybridized carbons (Fsp3) is 0.312. The van der Waals surface area contributed by atoms with E-state index in [1.54, 1.807) is 30.3 Å². The Morgan fingerprint density at radius 3 is 2.50 bits per heavy atom. The van der Waals surface area contributed by atoms with E-state index < -0.39 is 46.3 Å². The summed E-state index contributed by atoms with van der Waals surface area (Å²) in [4.78, 5) is 38.2. The maximum atomic E-state index is 12.6. The number of thioether (sulfide) groups is 1. The Morgan fingerprint density at radius 2 is 1.92 bits per heavy atom. The van der Waals surface area contributed by atoms with Gasteiger partial charge in [-0.05, 0) is 11.8 Å². The van der Waals surface area contributed by atoms with Gasteiger partial charge in [0.15, 0.2) is 0 Å². The quantitative estimate of drug-likeness (QED) is 0.520. The maximum absolute atomic E-state index is 12.6. The lowest BCUT2D eigenvalue weighted by molar-refractivity contribution is -0.0816. The number of rotatable bonds is 4. The zero-order valence-corrected chi connectivity index (χ0v) is 14.1. The molecule has 10 heteroatoms. The molecule has 1 aliphatic rings. The SMILES string of the molecule is O=C(S[C@@]1(n2ccc(=O)[nH]c2=O)O[C@H](CO)[C@@H](O)[C@H]1O)c1ccccc1. The number of nitrogens with one attached hydrogen (secondary N) is 1. The summed E-state index contributed by atoms with van der Waals surface area (Å²) in [5, 5.41) is 27.5. The summed E-state index contributed by atoms with van der Waals surface area (Å²) in [7, 11) is 0. The lowest BCUT2D eigenvalue weighted by atomic mass is 10.1. The zero-order valence-electron chi connectivity index (χ0n) is 13.3. The number of hydrogen-bond donors (Lipinski definition) is 4. The van der Waals surface area contributed by atoms with Gasteiger partial charge >= 0.3 is 5.69 Å². The smallest absolute Gasteiger partial charge is 0.331 e.